The van der Waals surface area contributed by atoms with Gasteiger partial charge in [-0.05, 0) is 42.5 Å². The van der Waals surface area contributed by atoms with E-state index in [0.717, 1.165) is 6.07 Å². The van der Waals surface area contributed by atoms with Crippen molar-refractivity contribution >= 4 is 52.4 Å². The average Bonchev–Trinajstić information content (AvgIpc) is 3.05. The van der Waals surface area contributed by atoms with Crippen molar-refractivity contribution in [3.63, 3.8) is 0 Å². The summed E-state index contributed by atoms with van der Waals surface area (Å²) in [7, 11) is 0. The Balaban J connectivity index is 1.52. The van der Waals surface area contributed by atoms with E-state index < -0.39 is 30.2 Å². The molecule has 0 spiro atoms. The largest absolute Gasteiger partial charge is 0.455 e. The highest BCUT2D eigenvalue weighted by atomic mass is 35.5. The van der Waals surface area contributed by atoms with Crippen molar-refractivity contribution < 1.29 is 23.5 Å². The van der Waals surface area contributed by atoms with E-state index in [-0.39, 0.29) is 29.6 Å². The SMILES string of the molecule is O=C(COC(=O)[C@H]1CC(=O)N(c2ccc(Cl)cc2)C1)Nc1ccc(F)c(Cl)c1. The monoisotopic (exact) mass is 424 g/mol. The molecule has 0 bridgehead atoms. The topological polar surface area (TPSA) is 75.7 Å². The molecule has 3 rings (SSSR count). The van der Waals surface area contributed by atoms with Crippen LogP contribution in [0.15, 0.2) is 42.5 Å². The fraction of sp³-hybridized carbons (Fsp3) is 0.211. The number of nitrogens with zero attached hydrogens (tertiary/aromatic N) is 1. The van der Waals surface area contributed by atoms with Gasteiger partial charge in [0, 0.05) is 29.4 Å². The molecule has 28 heavy (non-hydrogen) atoms. The summed E-state index contributed by atoms with van der Waals surface area (Å²) in [6.45, 7) is -0.367. The Bertz CT molecular complexity index is 921. The Morgan fingerprint density at radius 1 is 1.18 bits per heavy atom. The fourth-order valence-electron chi connectivity index (χ4n) is 2.76. The first-order chi connectivity index (χ1) is 13.3. The molecule has 0 saturated carbocycles. The molecule has 1 N–H and O–H groups in total. The number of amides is 2. The molecule has 2 aromatic rings. The molecular weight excluding hydrogens is 410 g/mol. The van der Waals surface area contributed by atoms with Crippen LogP contribution in [0.4, 0.5) is 15.8 Å². The second kappa shape index (κ2) is 8.58. The lowest BCUT2D eigenvalue weighted by Crippen LogP contribution is -2.28. The van der Waals surface area contributed by atoms with Gasteiger partial charge in [-0.2, -0.15) is 0 Å². The van der Waals surface area contributed by atoms with Crippen LogP contribution >= 0.6 is 23.2 Å². The van der Waals surface area contributed by atoms with Gasteiger partial charge in [0.25, 0.3) is 5.91 Å². The Morgan fingerprint density at radius 3 is 2.57 bits per heavy atom. The zero-order valence-corrected chi connectivity index (χ0v) is 16.0. The summed E-state index contributed by atoms with van der Waals surface area (Å²) < 4.78 is 18.1. The van der Waals surface area contributed by atoms with Gasteiger partial charge in [-0.15, -0.1) is 0 Å². The van der Waals surface area contributed by atoms with E-state index in [1.807, 2.05) is 0 Å². The van der Waals surface area contributed by atoms with E-state index >= 15 is 0 Å². The molecule has 0 radical (unpaired) electrons. The van der Waals surface area contributed by atoms with Crippen LogP contribution in [-0.2, 0) is 19.1 Å². The van der Waals surface area contributed by atoms with E-state index in [1.54, 1.807) is 24.3 Å². The van der Waals surface area contributed by atoms with Crippen LogP contribution in [0.25, 0.3) is 0 Å². The fourth-order valence-corrected chi connectivity index (χ4v) is 3.07. The number of esters is 1. The number of rotatable bonds is 5. The second-order valence-corrected chi connectivity index (χ2v) is 7.01. The summed E-state index contributed by atoms with van der Waals surface area (Å²) in [5.41, 5.74) is 0.910. The summed E-state index contributed by atoms with van der Waals surface area (Å²) in [5.74, 6) is -2.74. The molecule has 1 saturated heterocycles. The molecule has 146 valence electrons. The minimum atomic E-state index is -0.670. The van der Waals surface area contributed by atoms with Gasteiger partial charge in [0.2, 0.25) is 5.91 Å². The Morgan fingerprint density at radius 2 is 1.89 bits per heavy atom. The number of halogens is 3. The number of ether oxygens (including phenoxy) is 1. The van der Waals surface area contributed by atoms with Crippen LogP contribution in [0.1, 0.15) is 6.42 Å². The molecule has 1 aliphatic rings. The van der Waals surface area contributed by atoms with E-state index in [9.17, 15) is 18.8 Å². The van der Waals surface area contributed by atoms with Crippen molar-refractivity contribution in [1.29, 1.82) is 0 Å². The summed E-state index contributed by atoms with van der Waals surface area (Å²) in [6, 6.07) is 10.4. The minimum absolute atomic E-state index is 0.00332. The number of anilines is 2. The maximum Gasteiger partial charge on any atom is 0.311 e. The number of hydrogen-bond donors (Lipinski definition) is 1. The molecular formula is C19H15Cl2FN2O4. The summed E-state index contributed by atoms with van der Waals surface area (Å²) in [5, 5.41) is 2.85. The van der Waals surface area contributed by atoms with Crippen molar-refractivity contribution in [3.8, 4) is 0 Å². The van der Waals surface area contributed by atoms with Gasteiger partial charge in [0.1, 0.15) is 5.82 Å². The normalized spacial score (nSPS) is 16.2. The summed E-state index contributed by atoms with van der Waals surface area (Å²) >= 11 is 11.5. The van der Waals surface area contributed by atoms with Crippen LogP contribution in [0, 0.1) is 11.7 Å². The molecule has 1 atom stereocenters. The zero-order chi connectivity index (χ0) is 20.3. The highest BCUT2D eigenvalue weighted by molar-refractivity contribution is 6.31. The standard InChI is InChI=1S/C19H15Cl2FN2O4/c20-12-1-4-14(5-2-12)24-9-11(7-18(24)26)19(27)28-10-17(25)23-13-3-6-16(22)15(21)8-13/h1-6,8,11H,7,9-10H2,(H,23,25)/t11-/m0/s1. The quantitative estimate of drug-likeness (QED) is 0.742. The van der Waals surface area contributed by atoms with Crippen LogP contribution < -0.4 is 10.2 Å². The molecule has 0 aliphatic carbocycles. The molecule has 1 fully saturated rings. The van der Waals surface area contributed by atoms with Crippen molar-refractivity contribution in [2.75, 3.05) is 23.4 Å². The number of hydrogen-bond acceptors (Lipinski definition) is 4. The number of benzene rings is 2. The molecule has 0 unspecified atom stereocenters. The third-order valence-electron chi connectivity index (χ3n) is 4.15. The number of carbonyl (C=O) groups is 3. The third kappa shape index (κ3) is 4.79. The lowest BCUT2D eigenvalue weighted by atomic mass is 10.1. The summed E-state index contributed by atoms with van der Waals surface area (Å²) in [6.07, 6.45) is -0.00332. The first-order valence-electron chi connectivity index (χ1n) is 8.31. The van der Waals surface area contributed by atoms with E-state index in [4.69, 9.17) is 27.9 Å². The van der Waals surface area contributed by atoms with E-state index in [1.165, 1.54) is 17.0 Å². The van der Waals surface area contributed by atoms with Crippen LogP contribution in [-0.4, -0.2) is 30.9 Å². The highest BCUT2D eigenvalue weighted by Crippen LogP contribution is 2.27. The Kier molecular flexibility index (Phi) is 6.16. The molecule has 1 heterocycles. The van der Waals surface area contributed by atoms with Gasteiger partial charge in [0.15, 0.2) is 6.61 Å². The predicted octanol–water partition coefficient (Wildman–Crippen LogP) is 3.67. The first-order valence-corrected chi connectivity index (χ1v) is 9.06. The van der Waals surface area contributed by atoms with Crippen LogP contribution in [0.3, 0.4) is 0 Å². The van der Waals surface area contributed by atoms with Gasteiger partial charge in [-0.25, -0.2) is 4.39 Å². The van der Waals surface area contributed by atoms with Crippen molar-refractivity contribution in [2.45, 2.75) is 6.42 Å². The van der Waals surface area contributed by atoms with Gasteiger partial charge in [0.05, 0.1) is 10.9 Å². The van der Waals surface area contributed by atoms with Gasteiger partial charge in [-0.3, -0.25) is 14.4 Å². The number of carbonyl (C=O) groups excluding carboxylic acids is 3. The number of nitrogens with one attached hydrogen (secondary N) is 1. The van der Waals surface area contributed by atoms with Crippen molar-refractivity contribution in [3.05, 3.63) is 58.3 Å². The zero-order valence-electron chi connectivity index (χ0n) is 14.5. The smallest absolute Gasteiger partial charge is 0.311 e. The molecule has 6 nitrogen and oxygen atoms in total. The van der Waals surface area contributed by atoms with E-state index in [2.05, 4.69) is 5.32 Å². The molecule has 1 aliphatic heterocycles. The second-order valence-electron chi connectivity index (χ2n) is 6.17. The highest BCUT2D eigenvalue weighted by Gasteiger charge is 2.36. The average molecular weight is 425 g/mol. The van der Waals surface area contributed by atoms with Gasteiger partial charge >= 0.3 is 5.97 Å². The molecule has 9 heteroatoms. The lowest BCUT2D eigenvalue weighted by Gasteiger charge is -2.16. The maximum atomic E-state index is 13.1. The Labute approximate surface area is 170 Å². The van der Waals surface area contributed by atoms with Gasteiger partial charge in [-0.1, -0.05) is 23.2 Å². The first kappa shape index (κ1) is 20.1. The third-order valence-corrected chi connectivity index (χ3v) is 4.69. The predicted molar refractivity (Wildman–Crippen MR) is 103 cm³/mol. The van der Waals surface area contributed by atoms with Crippen LogP contribution in [0.2, 0.25) is 10.0 Å². The van der Waals surface area contributed by atoms with E-state index in [0.29, 0.717) is 10.7 Å². The van der Waals surface area contributed by atoms with Crippen molar-refractivity contribution in [2.24, 2.45) is 5.92 Å². The molecule has 2 aromatic carbocycles. The van der Waals surface area contributed by atoms with Gasteiger partial charge < -0.3 is 15.0 Å². The van der Waals surface area contributed by atoms with Crippen molar-refractivity contribution in [1.82, 2.24) is 0 Å². The summed E-state index contributed by atoms with van der Waals surface area (Å²) in [4.78, 5) is 37.8. The molecule has 2 amide bonds. The lowest BCUT2D eigenvalue weighted by molar-refractivity contribution is -0.151. The van der Waals surface area contributed by atoms with Crippen LogP contribution in [0.5, 0.6) is 0 Å². The molecule has 0 aromatic heterocycles. The maximum absolute atomic E-state index is 13.1. The minimum Gasteiger partial charge on any atom is -0.455 e. The Hall–Kier alpha value is -2.64.